The van der Waals surface area contributed by atoms with Crippen LogP contribution in [0.1, 0.15) is 37.9 Å². The number of halogens is 1. The standard InChI is InChI=1S/C12H17BrO/c13-10-12(6-2-1-3-7-12)9-11-5-4-8-14-11/h4-5,8H,1-3,6-7,9-10H2. The van der Waals surface area contributed by atoms with E-state index in [1.165, 1.54) is 32.1 Å². The van der Waals surface area contributed by atoms with Crippen LogP contribution in [-0.2, 0) is 6.42 Å². The van der Waals surface area contributed by atoms with Gasteiger partial charge in [-0.05, 0) is 30.4 Å². The maximum atomic E-state index is 5.44. The molecule has 1 fully saturated rings. The molecule has 0 aliphatic heterocycles. The molecule has 2 rings (SSSR count). The van der Waals surface area contributed by atoms with Crippen molar-refractivity contribution < 1.29 is 4.42 Å². The Labute approximate surface area is 94.0 Å². The molecule has 1 heterocycles. The fraction of sp³-hybridized carbons (Fsp3) is 0.667. The number of alkyl halides is 1. The molecule has 0 saturated heterocycles. The molecule has 0 spiro atoms. The molecule has 1 saturated carbocycles. The molecular formula is C12H17BrO. The van der Waals surface area contributed by atoms with Gasteiger partial charge in [0.25, 0.3) is 0 Å². The topological polar surface area (TPSA) is 13.1 Å². The lowest BCUT2D eigenvalue weighted by Crippen LogP contribution is -2.28. The van der Waals surface area contributed by atoms with Crippen molar-refractivity contribution >= 4 is 15.9 Å². The summed E-state index contributed by atoms with van der Waals surface area (Å²) < 4.78 is 5.44. The van der Waals surface area contributed by atoms with E-state index in [0.717, 1.165) is 17.5 Å². The first kappa shape index (κ1) is 10.3. The van der Waals surface area contributed by atoms with Gasteiger partial charge in [0.15, 0.2) is 0 Å². The van der Waals surface area contributed by atoms with E-state index >= 15 is 0 Å². The van der Waals surface area contributed by atoms with Crippen molar-refractivity contribution in [1.29, 1.82) is 0 Å². The molecule has 1 aliphatic carbocycles. The second-order valence-electron chi connectivity index (χ2n) is 4.45. The van der Waals surface area contributed by atoms with E-state index in [2.05, 4.69) is 22.0 Å². The summed E-state index contributed by atoms with van der Waals surface area (Å²) in [6, 6.07) is 4.08. The molecule has 78 valence electrons. The van der Waals surface area contributed by atoms with Gasteiger partial charge in [0.2, 0.25) is 0 Å². The molecule has 0 N–H and O–H groups in total. The fourth-order valence-corrected chi connectivity index (χ4v) is 3.20. The van der Waals surface area contributed by atoms with E-state index in [-0.39, 0.29) is 0 Å². The summed E-state index contributed by atoms with van der Waals surface area (Å²) in [4.78, 5) is 0. The average molecular weight is 257 g/mol. The Morgan fingerprint density at radius 3 is 2.64 bits per heavy atom. The van der Waals surface area contributed by atoms with Crippen LogP contribution in [0.5, 0.6) is 0 Å². The number of rotatable bonds is 3. The van der Waals surface area contributed by atoms with Gasteiger partial charge in [-0.15, -0.1) is 0 Å². The molecule has 0 amide bonds. The largest absolute Gasteiger partial charge is 0.469 e. The maximum Gasteiger partial charge on any atom is 0.104 e. The van der Waals surface area contributed by atoms with Crippen molar-refractivity contribution in [3.05, 3.63) is 24.2 Å². The second-order valence-corrected chi connectivity index (χ2v) is 5.01. The minimum Gasteiger partial charge on any atom is -0.469 e. The minimum absolute atomic E-state index is 0.468. The molecule has 0 unspecified atom stereocenters. The van der Waals surface area contributed by atoms with Gasteiger partial charge in [0.1, 0.15) is 5.76 Å². The van der Waals surface area contributed by atoms with Crippen molar-refractivity contribution in [1.82, 2.24) is 0 Å². The van der Waals surface area contributed by atoms with Crippen molar-refractivity contribution in [3.63, 3.8) is 0 Å². The monoisotopic (exact) mass is 256 g/mol. The van der Waals surface area contributed by atoms with Crippen LogP contribution in [0.25, 0.3) is 0 Å². The van der Waals surface area contributed by atoms with Crippen molar-refractivity contribution in [2.45, 2.75) is 38.5 Å². The lowest BCUT2D eigenvalue weighted by molar-refractivity contribution is 0.210. The number of hydrogen-bond donors (Lipinski definition) is 0. The Bertz CT molecular complexity index is 260. The lowest BCUT2D eigenvalue weighted by Gasteiger charge is -2.35. The number of hydrogen-bond acceptors (Lipinski definition) is 1. The van der Waals surface area contributed by atoms with E-state index in [1.54, 1.807) is 6.26 Å². The Morgan fingerprint density at radius 2 is 2.07 bits per heavy atom. The van der Waals surface area contributed by atoms with E-state index in [4.69, 9.17) is 4.42 Å². The molecule has 1 nitrogen and oxygen atoms in total. The highest BCUT2D eigenvalue weighted by Gasteiger charge is 2.31. The molecule has 2 heteroatoms. The summed E-state index contributed by atoms with van der Waals surface area (Å²) in [6.45, 7) is 0. The molecule has 1 aromatic heterocycles. The van der Waals surface area contributed by atoms with Gasteiger partial charge in [0, 0.05) is 11.8 Å². The lowest BCUT2D eigenvalue weighted by atomic mass is 9.73. The Hall–Kier alpha value is -0.240. The molecule has 1 aromatic rings. The predicted molar refractivity (Wildman–Crippen MR) is 61.7 cm³/mol. The molecule has 0 atom stereocenters. The first-order valence-corrected chi connectivity index (χ1v) is 6.55. The highest BCUT2D eigenvalue weighted by molar-refractivity contribution is 9.09. The highest BCUT2D eigenvalue weighted by Crippen LogP contribution is 2.40. The zero-order valence-electron chi connectivity index (χ0n) is 8.47. The van der Waals surface area contributed by atoms with Crippen LogP contribution in [0.4, 0.5) is 0 Å². The first-order chi connectivity index (χ1) is 6.85. The maximum absolute atomic E-state index is 5.44. The molecule has 0 radical (unpaired) electrons. The van der Waals surface area contributed by atoms with Gasteiger partial charge in [-0.2, -0.15) is 0 Å². The van der Waals surface area contributed by atoms with Gasteiger partial charge in [-0.3, -0.25) is 0 Å². The van der Waals surface area contributed by atoms with E-state index in [0.29, 0.717) is 5.41 Å². The van der Waals surface area contributed by atoms with Gasteiger partial charge in [0.05, 0.1) is 6.26 Å². The highest BCUT2D eigenvalue weighted by atomic mass is 79.9. The minimum atomic E-state index is 0.468. The third-order valence-corrected chi connectivity index (χ3v) is 4.52. The Kier molecular flexibility index (Phi) is 3.32. The first-order valence-electron chi connectivity index (χ1n) is 5.43. The van der Waals surface area contributed by atoms with Crippen LogP contribution < -0.4 is 0 Å². The van der Waals surface area contributed by atoms with Crippen molar-refractivity contribution in [2.24, 2.45) is 5.41 Å². The zero-order valence-corrected chi connectivity index (χ0v) is 10.1. The van der Waals surface area contributed by atoms with Crippen LogP contribution in [0.15, 0.2) is 22.8 Å². The average Bonchev–Trinajstić information content (AvgIpc) is 2.72. The third kappa shape index (κ3) is 2.22. The van der Waals surface area contributed by atoms with Crippen molar-refractivity contribution in [2.75, 3.05) is 5.33 Å². The smallest absolute Gasteiger partial charge is 0.104 e. The quantitative estimate of drug-likeness (QED) is 0.741. The van der Waals surface area contributed by atoms with E-state index in [1.807, 2.05) is 6.07 Å². The van der Waals surface area contributed by atoms with Gasteiger partial charge in [-0.25, -0.2) is 0 Å². The normalized spacial score (nSPS) is 20.9. The van der Waals surface area contributed by atoms with Crippen LogP contribution in [0.3, 0.4) is 0 Å². The van der Waals surface area contributed by atoms with Crippen LogP contribution in [0, 0.1) is 5.41 Å². The SMILES string of the molecule is BrCC1(Cc2ccco2)CCCCC1. The summed E-state index contributed by atoms with van der Waals surface area (Å²) in [5.74, 6) is 1.14. The van der Waals surface area contributed by atoms with Gasteiger partial charge >= 0.3 is 0 Å². The summed E-state index contributed by atoms with van der Waals surface area (Å²) in [5.41, 5.74) is 0.468. The zero-order chi connectivity index (χ0) is 9.86. The van der Waals surface area contributed by atoms with Crippen LogP contribution in [-0.4, -0.2) is 5.33 Å². The van der Waals surface area contributed by atoms with Gasteiger partial charge < -0.3 is 4.42 Å². The Balaban J connectivity index is 2.04. The Morgan fingerprint density at radius 1 is 1.29 bits per heavy atom. The fourth-order valence-electron chi connectivity index (χ4n) is 2.44. The van der Waals surface area contributed by atoms with E-state index < -0.39 is 0 Å². The summed E-state index contributed by atoms with van der Waals surface area (Å²) >= 11 is 3.67. The molecule has 14 heavy (non-hydrogen) atoms. The number of furan rings is 1. The second kappa shape index (κ2) is 4.52. The van der Waals surface area contributed by atoms with Gasteiger partial charge in [-0.1, -0.05) is 35.2 Å². The molecular weight excluding hydrogens is 240 g/mol. The summed E-state index contributed by atoms with van der Waals surface area (Å²) in [7, 11) is 0. The molecule has 0 bridgehead atoms. The molecule has 0 aromatic carbocycles. The third-order valence-electron chi connectivity index (χ3n) is 3.33. The summed E-state index contributed by atoms with van der Waals surface area (Å²) in [6.07, 6.45) is 9.74. The van der Waals surface area contributed by atoms with E-state index in [9.17, 15) is 0 Å². The predicted octanol–water partition coefficient (Wildman–Crippen LogP) is 4.17. The summed E-state index contributed by atoms with van der Waals surface area (Å²) in [5, 5.41) is 1.11. The molecule has 1 aliphatic rings. The van der Waals surface area contributed by atoms with Crippen LogP contribution >= 0.6 is 15.9 Å². The van der Waals surface area contributed by atoms with Crippen molar-refractivity contribution in [3.8, 4) is 0 Å². The van der Waals surface area contributed by atoms with Crippen LogP contribution in [0.2, 0.25) is 0 Å².